The number of alkyl halides is 2. The lowest BCUT2D eigenvalue weighted by atomic mass is 9.86. The molecule has 0 aliphatic heterocycles. The summed E-state index contributed by atoms with van der Waals surface area (Å²) < 4.78 is 28.0. The average molecular weight is 178 g/mol. The summed E-state index contributed by atoms with van der Waals surface area (Å²) in [5.41, 5.74) is 0. The number of halogens is 2. The lowest BCUT2D eigenvalue weighted by Crippen LogP contribution is -2.23. The first-order valence-electron chi connectivity index (χ1n) is 4.66. The van der Waals surface area contributed by atoms with Crippen LogP contribution in [0.5, 0.6) is 0 Å². The van der Waals surface area contributed by atoms with Crippen LogP contribution in [0.2, 0.25) is 0 Å². The summed E-state index contributed by atoms with van der Waals surface area (Å²) >= 11 is 0. The minimum Gasteiger partial charge on any atom is -0.320 e. The van der Waals surface area contributed by atoms with Gasteiger partial charge in [0.25, 0.3) is 0 Å². The molecule has 3 heteroatoms. The molecule has 72 valence electrons. The van der Waals surface area contributed by atoms with Gasteiger partial charge in [-0.2, -0.15) is 8.78 Å². The standard InChI is InChI=1S/C9H16F2O/c1-2-7-3-5-8(6-4-7)12-9(10)11/h7-9H,2-6H2,1H3. The second-order valence-corrected chi connectivity index (χ2v) is 3.45. The van der Waals surface area contributed by atoms with Gasteiger partial charge >= 0.3 is 6.61 Å². The van der Waals surface area contributed by atoms with E-state index in [-0.39, 0.29) is 6.10 Å². The average Bonchev–Trinajstić information content (AvgIpc) is 2.05. The highest BCUT2D eigenvalue weighted by Crippen LogP contribution is 2.28. The Balaban J connectivity index is 2.17. The molecule has 0 radical (unpaired) electrons. The molecule has 1 aliphatic rings. The third kappa shape index (κ3) is 3.05. The third-order valence-corrected chi connectivity index (χ3v) is 2.67. The molecule has 1 saturated carbocycles. The van der Waals surface area contributed by atoms with E-state index in [9.17, 15) is 8.78 Å². The summed E-state index contributed by atoms with van der Waals surface area (Å²) in [4.78, 5) is 0. The zero-order valence-electron chi connectivity index (χ0n) is 7.43. The van der Waals surface area contributed by atoms with Crippen molar-refractivity contribution in [2.45, 2.75) is 51.7 Å². The Hall–Kier alpha value is -0.180. The lowest BCUT2D eigenvalue weighted by molar-refractivity contribution is -0.171. The Morgan fingerprint density at radius 2 is 1.83 bits per heavy atom. The van der Waals surface area contributed by atoms with Crippen LogP contribution in [0.25, 0.3) is 0 Å². The molecule has 0 spiro atoms. The molecule has 1 aliphatic carbocycles. The Labute approximate surface area is 72.1 Å². The topological polar surface area (TPSA) is 9.23 Å². The van der Waals surface area contributed by atoms with Crippen LogP contribution in [0, 0.1) is 5.92 Å². The van der Waals surface area contributed by atoms with Gasteiger partial charge < -0.3 is 4.74 Å². The molecule has 0 aromatic heterocycles. The lowest BCUT2D eigenvalue weighted by Gasteiger charge is -2.27. The second-order valence-electron chi connectivity index (χ2n) is 3.45. The maximum Gasteiger partial charge on any atom is 0.345 e. The summed E-state index contributed by atoms with van der Waals surface area (Å²) in [5.74, 6) is 0.738. The normalized spacial score (nSPS) is 31.0. The fourth-order valence-electron chi connectivity index (χ4n) is 1.82. The molecule has 0 heterocycles. The quantitative estimate of drug-likeness (QED) is 0.644. The Morgan fingerprint density at radius 1 is 1.25 bits per heavy atom. The molecule has 0 unspecified atom stereocenters. The Bertz CT molecular complexity index is 120. The van der Waals surface area contributed by atoms with Gasteiger partial charge in [-0.15, -0.1) is 0 Å². The number of hydrogen-bond donors (Lipinski definition) is 0. The molecular formula is C9H16F2O. The van der Waals surface area contributed by atoms with Crippen LogP contribution >= 0.6 is 0 Å². The minimum atomic E-state index is -2.59. The maximum absolute atomic E-state index is 11.8. The molecule has 0 N–H and O–H groups in total. The molecule has 0 aromatic carbocycles. The number of ether oxygens (including phenoxy) is 1. The SMILES string of the molecule is CCC1CCC(OC(F)F)CC1. The molecule has 0 aromatic rings. The second kappa shape index (κ2) is 4.75. The molecule has 0 atom stereocenters. The fraction of sp³-hybridized carbons (Fsp3) is 1.00. The van der Waals surface area contributed by atoms with E-state index in [0.29, 0.717) is 0 Å². The highest BCUT2D eigenvalue weighted by molar-refractivity contribution is 4.71. The van der Waals surface area contributed by atoms with Crippen LogP contribution in [0.15, 0.2) is 0 Å². The molecular weight excluding hydrogens is 162 g/mol. The highest BCUT2D eigenvalue weighted by Gasteiger charge is 2.22. The van der Waals surface area contributed by atoms with Gasteiger partial charge in [0.15, 0.2) is 0 Å². The predicted octanol–water partition coefficient (Wildman–Crippen LogP) is 3.19. The molecule has 1 rings (SSSR count). The van der Waals surface area contributed by atoms with Crippen molar-refractivity contribution in [3.05, 3.63) is 0 Å². The van der Waals surface area contributed by atoms with Gasteiger partial charge in [-0.1, -0.05) is 13.3 Å². The first kappa shape index (κ1) is 9.90. The molecule has 0 bridgehead atoms. The zero-order valence-corrected chi connectivity index (χ0v) is 7.43. The van der Waals surface area contributed by atoms with Crippen LogP contribution in [0.1, 0.15) is 39.0 Å². The van der Waals surface area contributed by atoms with Gasteiger partial charge in [-0.05, 0) is 31.6 Å². The largest absolute Gasteiger partial charge is 0.345 e. The van der Waals surface area contributed by atoms with Crippen molar-refractivity contribution in [3.8, 4) is 0 Å². The van der Waals surface area contributed by atoms with Crippen molar-refractivity contribution in [1.82, 2.24) is 0 Å². The summed E-state index contributed by atoms with van der Waals surface area (Å²) in [6.45, 7) is -0.438. The van der Waals surface area contributed by atoms with Crippen LogP contribution in [-0.4, -0.2) is 12.7 Å². The van der Waals surface area contributed by atoms with E-state index in [2.05, 4.69) is 11.7 Å². The third-order valence-electron chi connectivity index (χ3n) is 2.67. The number of hydrogen-bond acceptors (Lipinski definition) is 1. The highest BCUT2D eigenvalue weighted by atomic mass is 19.3. The summed E-state index contributed by atoms with van der Waals surface area (Å²) in [6.07, 6.45) is 4.70. The summed E-state index contributed by atoms with van der Waals surface area (Å²) in [5, 5.41) is 0. The van der Waals surface area contributed by atoms with E-state index >= 15 is 0 Å². The first-order chi connectivity index (χ1) is 5.72. The molecule has 1 nitrogen and oxygen atoms in total. The molecule has 0 amide bonds. The van der Waals surface area contributed by atoms with E-state index in [1.54, 1.807) is 0 Å². The van der Waals surface area contributed by atoms with Crippen molar-refractivity contribution in [2.75, 3.05) is 0 Å². The van der Waals surface area contributed by atoms with Crippen LogP contribution in [-0.2, 0) is 4.74 Å². The molecule has 12 heavy (non-hydrogen) atoms. The van der Waals surface area contributed by atoms with E-state index < -0.39 is 6.61 Å². The van der Waals surface area contributed by atoms with Gasteiger partial charge in [-0.25, -0.2) is 0 Å². The maximum atomic E-state index is 11.8. The molecule has 1 fully saturated rings. The predicted molar refractivity (Wildman–Crippen MR) is 43.1 cm³/mol. The van der Waals surface area contributed by atoms with Crippen LogP contribution in [0.4, 0.5) is 8.78 Å². The van der Waals surface area contributed by atoms with E-state index in [1.165, 1.54) is 6.42 Å². The van der Waals surface area contributed by atoms with Gasteiger partial charge in [0.2, 0.25) is 0 Å². The smallest absolute Gasteiger partial charge is 0.320 e. The monoisotopic (exact) mass is 178 g/mol. The first-order valence-corrected chi connectivity index (χ1v) is 4.66. The van der Waals surface area contributed by atoms with Crippen molar-refractivity contribution < 1.29 is 13.5 Å². The Morgan fingerprint density at radius 3 is 2.25 bits per heavy atom. The Kier molecular flexibility index (Phi) is 3.92. The zero-order chi connectivity index (χ0) is 8.97. The molecule has 0 saturated heterocycles. The summed E-state index contributed by atoms with van der Waals surface area (Å²) in [7, 11) is 0. The van der Waals surface area contributed by atoms with Crippen LogP contribution < -0.4 is 0 Å². The van der Waals surface area contributed by atoms with Crippen molar-refractivity contribution in [2.24, 2.45) is 5.92 Å². The van der Waals surface area contributed by atoms with Crippen molar-refractivity contribution in [1.29, 1.82) is 0 Å². The van der Waals surface area contributed by atoms with Crippen molar-refractivity contribution >= 4 is 0 Å². The van der Waals surface area contributed by atoms with E-state index in [0.717, 1.165) is 31.6 Å². The van der Waals surface area contributed by atoms with E-state index in [1.807, 2.05) is 0 Å². The van der Waals surface area contributed by atoms with Gasteiger partial charge in [-0.3, -0.25) is 0 Å². The fourth-order valence-corrected chi connectivity index (χ4v) is 1.82. The van der Waals surface area contributed by atoms with Gasteiger partial charge in [0, 0.05) is 0 Å². The van der Waals surface area contributed by atoms with E-state index in [4.69, 9.17) is 0 Å². The van der Waals surface area contributed by atoms with Crippen molar-refractivity contribution in [3.63, 3.8) is 0 Å². The summed E-state index contributed by atoms with van der Waals surface area (Å²) in [6, 6.07) is 0. The number of rotatable bonds is 3. The minimum absolute atomic E-state index is 0.187. The van der Waals surface area contributed by atoms with Crippen LogP contribution in [0.3, 0.4) is 0 Å². The van der Waals surface area contributed by atoms with Gasteiger partial charge in [0.05, 0.1) is 6.10 Å². The van der Waals surface area contributed by atoms with Gasteiger partial charge in [0.1, 0.15) is 0 Å².